The Morgan fingerprint density at radius 2 is 1.63 bits per heavy atom. The van der Waals surface area contributed by atoms with Gasteiger partial charge in [0.15, 0.2) is 0 Å². The number of halogens is 1. The summed E-state index contributed by atoms with van der Waals surface area (Å²) in [7, 11) is 0. The molecule has 3 rings (SSSR count). The molecule has 3 aromatic rings. The number of nitrogens with one attached hydrogen (secondary N) is 1. The normalized spacial score (nSPS) is 11.7. The number of hydrogen-bond acceptors (Lipinski definition) is 2. The molecule has 0 heterocycles. The SMILES string of the molecule is CCCCNC(=O)[C@@H](Cc1ccccc1)N(Cc1cccc(Br)c1)C(=O)Cc1ccc(C)c(C)c1. The van der Waals surface area contributed by atoms with Gasteiger partial charge in [0.05, 0.1) is 6.42 Å². The van der Waals surface area contributed by atoms with E-state index in [1.165, 1.54) is 5.56 Å². The summed E-state index contributed by atoms with van der Waals surface area (Å²) in [6.07, 6.45) is 2.62. The van der Waals surface area contributed by atoms with Crippen LogP contribution in [0.2, 0.25) is 0 Å². The van der Waals surface area contributed by atoms with E-state index in [0.29, 0.717) is 19.5 Å². The molecule has 0 aliphatic rings. The van der Waals surface area contributed by atoms with Gasteiger partial charge in [0.2, 0.25) is 11.8 Å². The molecule has 0 saturated carbocycles. The van der Waals surface area contributed by atoms with Crippen molar-refractivity contribution in [3.8, 4) is 0 Å². The second kappa shape index (κ2) is 13.2. The predicted octanol–water partition coefficient (Wildman–Crippen LogP) is 6.16. The maximum absolute atomic E-state index is 13.8. The largest absolute Gasteiger partial charge is 0.354 e. The number of hydrogen-bond donors (Lipinski definition) is 1. The average molecular weight is 536 g/mol. The van der Waals surface area contributed by atoms with Crippen LogP contribution in [0.1, 0.15) is 47.6 Å². The fraction of sp³-hybridized carbons (Fsp3) is 0.333. The number of unbranched alkanes of at least 4 members (excludes halogenated alkanes) is 1. The monoisotopic (exact) mass is 534 g/mol. The molecule has 1 N–H and O–H groups in total. The summed E-state index contributed by atoms with van der Waals surface area (Å²) in [5.41, 5.74) is 5.33. The second-order valence-corrected chi connectivity index (χ2v) is 10.0. The van der Waals surface area contributed by atoms with Crippen LogP contribution in [0.3, 0.4) is 0 Å². The first kappa shape index (κ1) is 26.7. The maximum Gasteiger partial charge on any atom is 0.243 e. The molecule has 0 aliphatic heterocycles. The van der Waals surface area contributed by atoms with Crippen molar-refractivity contribution in [2.75, 3.05) is 6.54 Å². The van der Waals surface area contributed by atoms with Gasteiger partial charge in [0, 0.05) is 24.0 Å². The summed E-state index contributed by atoms with van der Waals surface area (Å²) >= 11 is 3.54. The third kappa shape index (κ3) is 8.07. The predicted molar refractivity (Wildman–Crippen MR) is 146 cm³/mol. The number of benzene rings is 3. The summed E-state index contributed by atoms with van der Waals surface area (Å²) in [6.45, 7) is 7.19. The van der Waals surface area contributed by atoms with E-state index >= 15 is 0 Å². The highest BCUT2D eigenvalue weighted by molar-refractivity contribution is 9.10. The summed E-state index contributed by atoms with van der Waals surface area (Å²) in [6, 6.07) is 23.4. The highest BCUT2D eigenvalue weighted by Crippen LogP contribution is 2.20. The number of rotatable bonds is 11. The maximum atomic E-state index is 13.8. The molecule has 0 fully saturated rings. The zero-order valence-corrected chi connectivity index (χ0v) is 22.5. The molecule has 0 bridgehead atoms. The standard InChI is InChI=1S/C30H35BrN2O2/c1-4-5-16-32-30(35)28(19-24-10-7-6-8-11-24)33(21-26-12-9-13-27(31)18-26)29(34)20-25-15-14-22(2)23(3)17-25/h6-15,17-18,28H,4-5,16,19-21H2,1-3H3,(H,32,35)/t28-/m1/s1. The van der Waals surface area contributed by atoms with Crippen molar-refractivity contribution in [2.45, 2.75) is 59.0 Å². The fourth-order valence-corrected chi connectivity index (χ4v) is 4.53. The Morgan fingerprint density at radius 3 is 2.31 bits per heavy atom. The van der Waals surface area contributed by atoms with E-state index in [4.69, 9.17) is 0 Å². The Labute approximate surface area is 217 Å². The number of amides is 2. The van der Waals surface area contributed by atoms with Crippen LogP contribution < -0.4 is 5.32 Å². The van der Waals surface area contributed by atoms with E-state index in [1.54, 1.807) is 4.90 Å². The van der Waals surface area contributed by atoms with E-state index in [1.807, 2.05) is 60.7 Å². The second-order valence-electron chi connectivity index (χ2n) is 9.10. The number of carbonyl (C=O) groups is 2. The summed E-state index contributed by atoms with van der Waals surface area (Å²) in [5.74, 6) is -0.162. The van der Waals surface area contributed by atoms with Gasteiger partial charge in [-0.3, -0.25) is 9.59 Å². The lowest BCUT2D eigenvalue weighted by Crippen LogP contribution is -2.51. The summed E-state index contributed by atoms with van der Waals surface area (Å²) in [4.78, 5) is 29.0. The molecule has 0 radical (unpaired) electrons. The van der Waals surface area contributed by atoms with Gasteiger partial charge in [-0.1, -0.05) is 89.9 Å². The van der Waals surface area contributed by atoms with Crippen molar-refractivity contribution >= 4 is 27.7 Å². The van der Waals surface area contributed by atoms with Crippen molar-refractivity contribution in [3.05, 3.63) is 105 Å². The van der Waals surface area contributed by atoms with Crippen LogP contribution in [-0.2, 0) is 29.0 Å². The Bertz CT molecular complexity index is 1130. The Hall–Kier alpha value is -2.92. The molecular formula is C30H35BrN2O2. The van der Waals surface area contributed by atoms with Crippen LogP contribution in [0.5, 0.6) is 0 Å². The van der Waals surface area contributed by atoms with Crippen molar-refractivity contribution in [1.82, 2.24) is 10.2 Å². The van der Waals surface area contributed by atoms with Crippen molar-refractivity contribution in [3.63, 3.8) is 0 Å². The van der Waals surface area contributed by atoms with Crippen molar-refractivity contribution < 1.29 is 9.59 Å². The topological polar surface area (TPSA) is 49.4 Å². The van der Waals surface area contributed by atoms with Gasteiger partial charge in [0.25, 0.3) is 0 Å². The van der Waals surface area contributed by atoms with Gasteiger partial charge in [-0.25, -0.2) is 0 Å². The molecule has 35 heavy (non-hydrogen) atoms. The van der Waals surface area contributed by atoms with Crippen LogP contribution in [0.15, 0.2) is 77.3 Å². The zero-order valence-electron chi connectivity index (χ0n) is 20.9. The van der Waals surface area contributed by atoms with Crippen molar-refractivity contribution in [2.24, 2.45) is 0 Å². The third-order valence-corrected chi connectivity index (χ3v) is 6.76. The first-order valence-electron chi connectivity index (χ1n) is 12.3. The number of aryl methyl sites for hydroxylation is 2. The lowest BCUT2D eigenvalue weighted by Gasteiger charge is -2.32. The van der Waals surface area contributed by atoms with Crippen LogP contribution in [0.4, 0.5) is 0 Å². The van der Waals surface area contributed by atoms with Gasteiger partial charge in [-0.05, 0) is 60.2 Å². The Morgan fingerprint density at radius 1 is 0.886 bits per heavy atom. The minimum atomic E-state index is -0.604. The van der Waals surface area contributed by atoms with Crippen LogP contribution in [0, 0.1) is 13.8 Å². The third-order valence-electron chi connectivity index (χ3n) is 6.27. The van der Waals surface area contributed by atoms with E-state index in [-0.39, 0.29) is 18.2 Å². The zero-order chi connectivity index (χ0) is 25.2. The number of carbonyl (C=O) groups excluding carboxylic acids is 2. The van der Waals surface area contributed by atoms with Crippen LogP contribution in [0.25, 0.3) is 0 Å². The molecule has 1 atom stereocenters. The average Bonchev–Trinajstić information content (AvgIpc) is 2.84. The molecule has 5 heteroatoms. The molecule has 0 spiro atoms. The molecule has 0 unspecified atom stereocenters. The molecule has 4 nitrogen and oxygen atoms in total. The highest BCUT2D eigenvalue weighted by atomic mass is 79.9. The van der Waals surface area contributed by atoms with Gasteiger partial charge < -0.3 is 10.2 Å². The van der Waals surface area contributed by atoms with Gasteiger partial charge in [-0.15, -0.1) is 0 Å². The van der Waals surface area contributed by atoms with E-state index in [9.17, 15) is 9.59 Å². The first-order valence-corrected chi connectivity index (χ1v) is 13.1. The summed E-state index contributed by atoms with van der Waals surface area (Å²) < 4.78 is 0.948. The molecule has 3 aromatic carbocycles. The van der Waals surface area contributed by atoms with Crippen molar-refractivity contribution in [1.29, 1.82) is 0 Å². The minimum Gasteiger partial charge on any atom is -0.354 e. The Kier molecular flexibility index (Phi) is 10.1. The Balaban J connectivity index is 1.95. The van der Waals surface area contributed by atoms with Crippen LogP contribution in [-0.4, -0.2) is 29.3 Å². The fourth-order valence-electron chi connectivity index (χ4n) is 4.08. The molecular weight excluding hydrogens is 500 g/mol. The van der Waals surface area contributed by atoms with Gasteiger partial charge in [-0.2, -0.15) is 0 Å². The lowest BCUT2D eigenvalue weighted by atomic mass is 10.00. The first-order chi connectivity index (χ1) is 16.9. The number of nitrogens with zero attached hydrogens (tertiary/aromatic N) is 1. The van der Waals surface area contributed by atoms with E-state index in [0.717, 1.165) is 39.6 Å². The van der Waals surface area contributed by atoms with Gasteiger partial charge >= 0.3 is 0 Å². The lowest BCUT2D eigenvalue weighted by molar-refractivity contribution is -0.140. The smallest absolute Gasteiger partial charge is 0.243 e. The molecule has 184 valence electrons. The van der Waals surface area contributed by atoms with Crippen LogP contribution >= 0.6 is 15.9 Å². The minimum absolute atomic E-state index is 0.0557. The van der Waals surface area contributed by atoms with E-state index in [2.05, 4.69) is 54.2 Å². The molecule has 2 amide bonds. The quantitative estimate of drug-likeness (QED) is 0.299. The molecule has 0 saturated heterocycles. The molecule has 0 aliphatic carbocycles. The highest BCUT2D eigenvalue weighted by Gasteiger charge is 2.30. The molecule has 0 aromatic heterocycles. The summed E-state index contributed by atoms with van der Waals surface area (Å²) in [5, 5.41) is 3.07. The van der Waals surface area contributed by atoms with Gasteiger partial charge in [0.1, 0.15) is 6.04 Å². The van der Waals surface area contributed by atoms with E-state index < -0.39 is 6.04 Å².